The molecule has 0 aliphatic heterocycles. The molecule has 2 rings (SSSR count). The van der Waals surface area contributed by atoms with E-state index in [0.29, 0.717) is 0 Å². The Hall–Kier alpha value is -1.38. The lowest BCUT2D eigenvalue weighted by Crippen LogP contribution is -2.31. The van der Waals surface area contributed by atoms with Crippen molar-refractivity contribution < 1.29 is 0 Å². The number of halogens is 1. The van der Waals surface area contributed by atoms with Gasteiger partial charge in [0.2, 0.25) is 0 Å². The Labute approximate surface area is 179 Å². The largest absolute Gasteiger partial charge is 0.294 e. The Kier molecular flexibility index (Phi) is 15.7. The van der Waals surface area contributed by atoms with E-state index in [1.807, 2.05) is 52.1 Å². The van der Waals surface area contributed by atoms with Crippen molar-refractivity contribution in [3.8, 4) is 0 Å². The summed E-state index contributed by atoms with van der Waals surface area (Å²) >= 11 is 6.08. The predicted octanol–water partition coefficient (Wildman–Crippen LogP) is 8.03. The second-order valence-corrected chi connectivity index (χ2v) is 7.03. The van der Waals surface area contributed by atoms with Crippen LogP contribution < -0.4 is 0 Å². The molecule has 0 saturated carbocycles. The highest BCUT2D eigenvalue weighted by molar-refractivity contribution is 6.30. The van der Waals surface area contributed by atoms with E-state index in [0.717, 1.165) is 23.2 Å². The first-order valence-corrected chi connectivity index (χ1v) is 11.4. The third kappa shape index (κ3) is 9.21. The van der Waals surface area contributed by atoms with Crippen LogP contribution in [0.2, 0.25) is 5.02 Å². The van der Waals surface area contributed by atoms with E-state index >= 15 is 0 Å². The normalized spacial score (nSPS) is 11.4. The van der Waals surface area contributed by atoms with E-state index in [2.05, 4.69) is 55.0 Å². The number of pyridine rings is 1. The number of hydrogen-bond acceptors (Lipinski definition) is 2. The van der Waals surface area contributed by atoms with Crippen molar-refractivity contribution in [2.75, 3.05) is 13.6 Å². The molecule has 28 heavy (non-hydrogen) atoms. The van der Waals surface area contributed by atoms with Gasteiger partial charge in [0, 0.05) is 17.8 Å². The summed E-state index contributed by atoms with van der Waals surface area (Å²) in [4.78, 5) is 7.07. The van der Waals surface area contributed by atoms with Crippen molar-refractivity contribution in [3.05, 3.63) is 64.9 Å². The minimum atomic E-state index is 0.166. The van der Waals surface area contributed by atoms with Gasteiger partial charge in [0.1, 0.15) is 0 Å². The lowest BCUT2D eigenvalue weighted by Gasteiger charge is -2.31. The first-order valence-electron chi connectivity index (χ1n) is 11.0. The minimum absolute atomic E-state index is 0.166. The van der Waals surface area contributed by atoms with Crippen LogP contribution in [0, 0.1) is 5.92 Å². The van der Waals surface area contributed by atoms with Crippen LogP contribution in [-0.4, -0.2) is 23.5 Å². The highest BCUT2D eigenvalue weighted by Crippen LogP contribution is 2.29. The van der Waals surface area contributed by atoms with Crippen LogP contribution in [0.5, 0.6) is 0 Å². The SMILES string of the molecule is CC.CC.CCCC(CCC)CN(C)C(c1ccc(Cl)cc1)c1ccccn1. The quantitative estimate of drug-likeness (QED) is 0.420. The molecule has 1 heterocycles. The molecule has 0 amide bonds. The van der Waals surface area contributed by atoms with Crippen LogP contribution in [0.3, 0.4) is 0 Å². The van der Waals surface area contributed by atoms with Crippen molar-refractivity contribution in [3.63, 3.8) is 0 Å². The lowest BCUT2D eigenvalue weighted by atomic mass is 9.95. The molecule has 2 aromatic rings. The van der Waals surface area contributed by atoms with Crippen molar-refractivity contribution in [2.45, 2.75) is 73.3 Å². The number of benzene rings is 1. The molecule has 1 unspecified atom stereocenters. The zero-order chi connectivity index (χ0) is 21.4. The highest BCUT2D eigenvalue weighted by atomic mass is 35.5. The number of hydrogen-bond donors (Lipinski definition) is 0. The Bertz CT molecular complexity index is 577. The Balaban J connectivity index is 0.00000171. The van der Waals surface area contributed by atoms with Crippen LogP contribution in [0.25, 0.3) is 0 Å². The summed E-state index contributed by atoms with van der Waals surface area (Å²) in [7, 11) is 2.21. The average Bonchev–Trinajstić information content (AvgIpc) is 2.74. The molecule has 0 spiro atoms. The van der Waals surface area contributed by atoms with Gasteiger partial charge in [-0.15, -0.1) is 0 Å². The summed E-state index contributed by atoms with van der Waals surface area (Å²) in [6, 6.07) is 14.5. The second kappa shape index (κ2) is 16.6. The minimum Gasteiger partial charge on any atom is -0.294 e. The molecule has 3 heteroatoms. The van der Waals surface area contributed by atoms with Gasteiger partial charge in [-0.3, -0.25) is 9.88 Å². The maximum Gasteiger partial charge on any atom is 0.0774 e. The fourth-order valence-corrected chi connectivity index (χ4v) is 3.62. The summed E-state index contributed by atoms with van der Waals surface area (Å²) in [6.07, 6.45) is 6.94. The molecule has 0 N–H and O–H groups in total. The van der Waals surface area contributed by atoms with Gasteiger partial charge in [-0.25, -0.2) is 0 Å². The van der Waals surface area contributed by atoms with Crippen LogP contribution in [0.1, 0.15) is 84.5 Å². The fraction of sp³-hybridized carbons (Fsp3) is 0.560. The van der Waals surface area contributed by atoms with E-state index < -0.39 is 0 Å². The van der Waals surface area contributed by atoms with Crippen molar-refractivity contribution in [2.24, 2.45) is 5.92 Å². The standard InChI is InChI=1S/C21H29ClN2.2C2H6/c1-4-8-17(9-5-2)16-24(3)21(20-10-6-7-15-23-20)18-11-13-19(22)14-12-18;2*1-2/h6-7,10-15,17,21H,4-5,8-9,16H2,1-3H3;2*1-2H3. The molecule has 1 aromatic heterocycles. The highest BCUT2D eigenvalue weighted by Gasteiger charge is 2.22. The van der Waals surface area contributed by atoms with E-state index in [4.69, 9.17) is 11.6 Å². The zero-order valence-corrected chi connectivity index (χ0v) is 19.8. The summed E-state index contributed by atoms with van der Waals surface area (Å²) in [5, 5.41) is 0.774. The summed E-state index contributed by atoms with van der Waals surface area (Å²) in [6.45, 7) is 13.6. The second-order valence-electron chi connectivity index (χ2n) is 6.59. The maximum atomic E-state index is 6.08. The fourth-order valence-electron chi connectivity index (χ4n) is 3.49. The first kappa shape index (κ1) is 26.6. The average molecular weight is 405 g/mol. The van der Waals surface area contributed by atoms with Crippen molar-refractivity contribution in [1.29, 1.82) is 0 Å². The van der Waals surface area contributed by atoms with Crippen molar-refractivity contribution >= 4 is 11.6 Å². The van der Waals surface area contributed by atoms with E-state index in [9.17, 15) is 0 Å². The van der Waals surface area contributed by atoms with Crippen LogP contribution in [0.4, 0.5) is 0 Å². The molecular formula is C25H41ClN2. The Morgan fingerprint density at radius 3 is 1.93 bits per heavy atom. The zero-order valence-electron chi connectivity index (χ0n) is 19.1. The first-order chi connectivity index (χ1) is 13.7. The molecule has 2 nitrogen and oxygen atoms in total. The molecule has 0 aliphatic rings. The summed E-state index contributed by atoms with van der Waals surface area (Å²) < 4.78 is 0. The number of nitrogens with zero attached hydrogens (tertiary/aromatic N) is 2. The van der Waals surface area contributed by atoms with E-state index in [1.165, 1.54) is 31.2 Å². The molecular weight excluding hydrogens is 364 g/mol. The molecule has 0 aliphatic carbocycles. The van der Waals surface area contributed by atoms with Gasteiger partial charge in [-0.05, 0) is 55.6 Å². The summed E-state index contributed by atoms with van der Waals surface area (Å²) in [5.74, 6) is 0.739. The smallest absolute Gasteiger partial charge is 0.0774 e. The summed E-state index contributed by atoms with van der Waals surface area (Å²) in [5.41, 5.74) is 2.33. The van der Waals surface area contributed by atoms with Gasteiger partial charge in [0.05, 0.1) is 11.7 Å². The number of aromatic nitrogens is 1. The number of rotatable bonds is 9. The van der Waals surface area contributed by atoms with Gasteiger partial charge >= 0.3 is 0 Å². The third-order valence-corrected chi connectivity index (χ3v) is 4.79. The molecule has 0 bridgehead atoms. The van der Waals surface area contributed by atoms with Gasteiger partial charge in [-0.1, -0.05) is 84.2 Å². The van der Waals surface area contributed by atoms with Gasteiger partial charge in [0.15, 0.2) is 0 Å². The molecule has 0 fully saturated rings. The Morgan fingerprint density at radius 2 is 1.46 bits per heavy atom. The van der Waals surface area contributed by atoms with Gasteiger partial charge in [-0.2, -0.15) is 0 Å². The van der Waals surface area contributed by atoms with Crippen LogP contribution in [-0.2, 0) is 0 Å². The van der Waals surface area contributed by atoms with E-state index in [1.54, 1.807) is 0 Å². The lowest BCUT2D eigenvalue weighted by molar-refractivity contribution is 0.215. The van der Waals surface area contributed by atoms with Crippen LogP contribution in [0.15, 0.2) is 48.7 Å². The maximum absolute atomic E-state index is 6.08. The molecule has 1 aromatic carbocycles. The van der Waals surface area contributed by atoms with Crippen molar-refractivity contribution in [1.82, 2.24) is 9.88 Å². The molecule has 1 atom stereocenters. The Morgan fingerprint density at radius 1 is 0.893 bits per heavy atom. The monoisotopic (exact) mass is 404 g/mol. The van der Waals surface area contributed by atoms with Gasteiger partial charge < -0.3 is 0 Å². The van der Waals surface area contributed by atoms with Gasteiger partial charge in [0.25, 0.3) is 0 Å². The molecule has 0 radical (unpaired) electrons. The molecule has 158 valence electrons. The van der Waals surface area contributed by atoms with Crippen LogP contribution >= 0.6 is 11.6 Å². The predicted molar refractivity (Wildman–Crippen MR) is 126 cm³/mol. The van der Waals surface area contributed by atoms with E-state index in [-0.39, 0.29) is 6.04 Å². The third-order valence-electron chi connectivity index (χ3n) is 4.53. The topological polar surface area (TPSA) is 16.1 Å². The molecule has 0 saturated heterocycles.